The highest BCUT2D eigenvalue weighted by Crippen LogP contribution is 2.46. The average Bonchev–Trinajstić information content (AvgIpc) is 3.50. The smallest absolute Gasteiger partial charge is 0.335 e. The van der Waals surface area contributed by atoms with Crippen molar-refractivity contribution in [1.82, 2.24) is 20.3 Å². The third-order valence-electron chi connectivity index (χ3n) is 6.19. The van der Waals surface area contributed by atoms with Crippen molar-refractivity contribution < 1.29 is 28.4 Å². The van der Waals surface area contributed by atoms with Gasteiger partial charge in [0.15, 0.2) is 0 Å². The van der Waals surface area contributed by atoms with E-state index < -0.39 is 5.97 Å². The molecular formula is C26H24Cl2N4O6. The van der Waals surface area contributed by atoms with Gasteiger partial charge >= 0.3 is 5.97 Å². The van der Waals surface area contributed by atoms with Gasteiger partial charge in [0.25, 0.3) is 0 Å². The number of nitrogens with zero attached hydrogens (tertiary/aromatic N) is 4. The van der Waals surface area contributed by atoms with Crippen molar-refractivity contribution in [2.45, 2.75) is 44.6 Å². The van der Waals surface area contributed by atoms with Gasteiger partial charge in [0.1, 0.15) is 17.2 Å². The first-order valence-corrected chi connectivity index (χ1v) is 12.8. The number of carboxylic acid groups (broad SMARTS) is 1. The van der Waals surface area contributed by atoms with Gasteiger partial charge in [-0.3, -0.25) is 4.98 Å². The van der Waals surface area contributed by atoms with Gasteiger partial charge in [0.05, 0.1) is 34.9 Å². The molecule has 3 heterocycles. The van der Waals surface area contributed by atoms with Crippen LogP contribution in [0.1, 0.15) is 59.2 Å². The molecule has 0 unspecified atom stereocenters. The normalized spacial score (nSPS) is 13.1. The Balaban J connectivity index is 1.17. The summed E-state index contributed by atoms with van der Waals surface area (Å²) >= 11 is 12.7. The fraction of sp³-hybridized carbons (Fsp3) is 0.346. The Morgan fingerprint density at radius 2 is 1.92 bits per heavy atom. The molecule has 0 spiro atoms. The molecule has 1 aliphatic rings. The predicted octanol–water partition coefficient (Wildman–Crippen LogP) is 6.22. The van der Waals surface area contributed by atoms with Crippen LogP contribution in [0.3, 0.4) is 0 Å². The maximum absolute atomic E-state index is 11.3. The third-order valence-corrected chi connectivity index (χ3v) is 6.76. The Morgan fingerprint density at radius 3 is 2.63 bits per heavy atom. The van der Waals surface area contributed by atoms with E-state index in [0.29, 0.717) is 64.1 Å². The molecule has 38 heavy (non-hydrogen) atoms. The van der Waals surface area contributed by atoms with Crippen LogP contribution in [0.2, 0.25) is 10.0 Å². The lowest BCUT2D eigenvalue weighted by Gasteiger charge is -2.08. The number of aromatic nitrogens is 4. The van der Waals surface area contributed by atoms with Gasteiger partial charge in [-0.1, -0.05) is 33.5 Å². The van der Waals surface area contributed by atoms with Crippen molar-refractivity contribution in [3.63, 3.8) is 0 Å². The van der Waals surface area contributed by atoms with Crippen molar-refractivity contribution in [3.05, 3.63) is 63.4 Å². The summed E-state index contributed by atoms with van der Waals surface area (Å²) in [5.41, 5.74) is 2.61. The number of halogens is 2. The van der Waals surface area contributed by atoms with Gasteiger partial charge in [0.2, 0.25) is 11.7 Å². The van der Waals surface area contributed by atoms with E-state index in [1.807, 2.05) is 0 Å². The zero-order chi connectivity index (χ0) is 26.6. The van der Waals surface area contributed by atoms with Crippen molar-refractivity contribution in [2.75, 3.05) is 13.7 Å². The molecular weight excluding hydrogens is 535 g/mol. The van der Waals surface area contributed by atoms with Crippen LogP contribution in [0.5, 0.6) is 5.75 Å². The first-order chi connectivity index (χ1) is 18.5. The van der Waals surface area contributed by atoms with Crippen LogP contribution in [0.4, 0.5) is 0 Å². The highest BCUT2D eigenvalue weighted by molar-refractivity contribution is 6.38. The second-order valence-electron chi connectivity index (χ2n) is 8.87. The Morgan fingerprint density at radius 1 is 1.13 bits per heavy atom. The first-order valence-electron chi connectivity index (χ1n) is 12.1. The number of aromatic carboxylic acids is 1. The summed E-state index contributed by atoms with van der Waals surface area (Å²) in [5.74, 6) is 1.30. The minimum absolute atomic E-state index is 0.110. The minimum atomic E-state index is -1.05. The molecule has 12 heteroatoms. The van der Waals surface area contributed by atoms with E-state index in [1.54, 1.807) is 6.07 Å². The zero-order valence-electron chi connectivity index (χ0n) is 20.4. The number of methoxy groups -OCH3 is 1. The molecule has 0 atom stereocenters. The lowest BCUT2D eigenvalue weighted by atomic mass is 10.1. The largest absolute Gasteiger partial charge is 0.496 e. The van der Waals surface area contributed by atoms with Gasteiger partial charge in [-0.25, -0.2) is 4.79 Å². The van der Waals surface area contributed by atoms with Crippen LogP contribution < -0.4 is 4.74 Å². The fourth-order valence-electron chi connectivity index (χ4n) is 4.10. The monoisotopic (exact) mass is 558 g/mol. The molecule has 1 saturated carbocycles. The number of hydrogen-bond acceptors (Lipinski definition) is 9. The van der Waals surface area contributed by atoms with Gasteiger partial charge in [-0.15, -0.1) is 0 Å². The van der Waals surface area contributed by atoms with E-state index in [4.69, 9.17) is 41.7 Å². The molecule has 3 aromatic heterocycles. The molecule has 10 nitrogen and oxygen atoms in total. The Labute approximate surface area is 227 Å². The molecule has 1 N–H and O–H groups in total. The lowest BCUT2D eigenvalue weighted by Crippen LogP contribution is -2.00. The highest BCUT2D eigenvalue weighted by atomic mass is 35.5. The van der Waals surface area contributed by atoms with Gasteiger partial charge in [0, 0.05) is 42.5 Å². The summed E-state index contributed by atoms with van der Waals surface area (Å²) in [6.45, 7) is 0.825. The second-order valence-corrected chi connectivity index (χ2v) is 9.68. The molecule has 1 fully saturated rings. The summed E-state index contributed by atoms with van der Waals surface area (Å²) in [6, 6.07) is 4.49. The number of carboxylic acids is 1. The number of carbonyl (C=O) groups is 1. The SMILES string of the molecule is COc1ccc(C(=O)O)cc1-c1noc(CCCCOCc2c(-c3c(Cl)cncc3Cl)noc2C2CC2)n1. The standard InChI is InChI=1S/C26H24Cl2N4O6/c1-35-20-8-7-15(26(33)34)10-16(20)25-30-21(37-32-25)4-2-3-9-36-13-17-23(31-38-24(17)14-5-6-14)22-18(27)11-29-12-19(22)28/h7-8,10-12,14H,2-6,9,13H2,1H3,(H,33,34). The quantitative estimate of drug-likeness (QED) is 0.200. The Kier molecular flexibility index (Phi) is 7.92. The predicted molar refractivity (Wildman–Crippen MR) is 138 cm³/mol. The van der Waals surface area contributed by atoms with Crippen molar-refractivity contribution >= 4 is 29.2 Å². The van der Waals surface area contributed by atoms with Crippen LogP contribution in [-0.2, 0) is 17.8 Å². The van der Waals surface area contributed by atoms with E-state index in [2.05, 4.69) is 20.3 Å². The third kappa shape index (κ3) is 5.67. The fourth-order valence-corrected chi connectivity index (χ4v) is 4.64. The lowest BCUT2D eigenvalue weighted by molar-refractivity contribution is 0.0697. The van der Waals surface area contributed by atoms with Crippen molar-refractivity contribution in [2.24, 2.45) is 0 Å². The summed E-state index contributed by atoms with van der Waals surface area (Å²) in [5, 5.41) is 18.3. The van der Waals surface area contributed by atoms with Crippen LogP contribution in [0, 0.1) is 0 Å². The maximum Gasteiger partial charge on any atom is 0.335 e. The molecule has 0 saturated heterocycles. The molecule has 4 aromatic rings. The van der Waals surface area contributed by atoms with Gasteiger partial charge < -0.3 is 23.6 Å². The first kappa shape index (κ1) is 26.1. The Hall–Kier alpha value is -3.47. The van der Waals surface area contributed by atoms with Gasteiger partial charge in [-0.05, 0) is 43.9 Å². The highest BCUT2D eigenvalue weighted by Gasteiger charge is 2.33. The maximum atomic E-state index is 11.3. The summed E-state index contributed by atoms with van der Waals surface area (Å²) in [6.07, 6.45) is 7.22. The molecule has 198 valence electrons. The summed E-state index contributed by atoms with van der Waals surface area (Å²) in [7, 11) is 1.50. The Bertz CT molecular complexity index is 1430. The number of aryl methyl sites for hydroxylation is 1. The minimum Gasteiger partial charge on any atom is -0.496 e. The van der Waals surface area contributed by atoms with Crippen LogP contribution >= 0.6 is 23.2 Å². The van der Waals surface area contributed by atoms with Crippen molar-refractivity contribution in [1.29, 1.82) is 0 Å². The van der Waals surface area contributed by atoms with E-state index >= 15 is 0 Å². The summed E-state index contributed by atoms with van der Waals surface area (Å²) < 4.78 is 22.3. The number of unbranched alkanes of at least 4 members (excludes halogenated alkanes) is 1. The number of benzene rings is 1. The molecule has 5 rings (SSSR count). The van der Waals surface area contributed by atoms with Crippen LogP contribution in [-0.4, -0.2) is 45.1 Å². The van der Waals surface area contributed by atoms with E-state index in [1.165, 1.54) is 31.6 Å². The van der Waals surface area contributed by atoms with E-state index in [-0.39, 0.29) is 11.4 Å². The molecule has 0 amide bonds. The molecule has 0 aliphatic heterocycles. The number of rotatable bonds is 12. The molecule has 1 aliphatic carbocycles. The van der Waals surface area contributed by atoms with Crippen LogP contribution in [0.25, 0.3) is 22.6 Å². The number of pyridine rings is 1. The van der Waals surface area contributed by atoms with E-state index in [9.17, 15) is 9.90 Å². The molecule has 0 radical (unpaired) electrons. The van der Waals surface area contributed by atoms with Crippen LogP contribution in [0.15, 0.2) is 39.6 Å². The zero-order valence-corrected chi connectivity index (χ0v) is 22.0. The molecule has 0 bridgehead atoms. The molecule has 1 aromatic carbocycles. The topological polar surface area (TPSA) is 134 Å². The number of ether oxygens (including phenoxy) is 2. The van der Waals surface area contributed by atoms with Gasteiger partial charge in [-0.2, -0.15) is 4.98 Å². The van der Waals surface area contributed by atoms with Crippen molar-refractivity contribution in [3.8, 4) is 28.4 Å². The summed E-state index contributed by atoms with van der Waals surface area (Å²) in [4.78, 5) is 19.7. The number of hydrogen-bond donors (Lipinski definition) is 1. The average molecular weight is 559 g/mol. The van der Waals surface area contributed by atoms with E-state index in [0.717, 1.165) is 37.0 Å². The second kappa shape index (κ2) is 11.5.